The number of aliphatic imine (C=N–C) groups is 1. The Morgan fingerprint density at radius 1 is 0.531 bits per heavy atom. The van der Waals surface area contributed by atoms with E-state index in [9.17, 15) is 22.4 Å². The summed E-state index contributed by atoms with van der Waals surface area (Å²) in [7, 11) is 5.27. The van der Waals surface area contributed by atoms with Crippen LogP contribution in [0.2, 0.25) is 0 Å². The van der Waals surface area contributed by atoms with Crippen LogP contribution in [-0.2, 0) is 27.9 Å². The van der Waals surface area contributed by atoms with Gasteiger partial charge in [0.1, 0.15) is 23.3 Å². The summed E-state index contributed by atoms with van der Waals surface area (Å²) >= 11 is 21.4. The number of hydroxylamine groups is 1. The van der Waals surface area contributed by atoms with Gasteiger partial charge in [-0.25, -0.2) is 17.6 Å². The van der Waals surface area contributed by atoms with Crippen LogP contribution in [0.4, 0.5) is 29.2 Å². The largest absolute Gasteiger partial charge is 0.494 e. The van der Waals surface area contributed by atoms with E-state index in [4.69, 9.17) is 64.2 Å². The highest BCUT2D eigenvalue weighted by atomic mass is 79.9. The number of aldehydes is 1. The smallest absolute Gasteiger partial charge is 0.411 e. The first kappa shape index (κ1) is 84.6. The lowest BCUT2D eigenvalue weighted by molar-refractivity contribution is 0.00578. The summed E-state index contributed by atoms with van der Waals surface area (Å²) in [6.45, 7) is 24.4. The molecule has 6 aromatic carbocycles. The quantitative estimate of drug-likeness (QED) is 0.0142. The summed E-state index contributed by atoms with van der Waals surface area (Å²) in [6.07, 6.45) is 1.53. The van der Waals surface area contributed by atoms with Crippen molar-refractivity contribution in [2.75, 3.05) is 38.8 Å². The second-order valence-electron chi connectivity index (χ2n) is 23.8. The molecule has 0 aliphatic carbocycles. The summed E-state index contributed by atoms with van der Waals surface area (Å²) in [5.74, 6) is -0.279. The second kappa shape index (κ2) is 37.2. The summed E-state index contributed by atoms with van der Waals surface area (Å²) in [6, 6.07) is 28.8. The van der Waals surface area contributed by atoms with Gasteiger partial charge < -0.3 is 63.8 Å². The number of oxime groups is 2. The van der Waals surface area contributed by atoms with Crippen molar-refractivity contribution in [3.8, 4) is 0 Å². The Balaban J connectivity index is 0.000000245. The van der Waals surface area contributed by atoms with Gasteiger partial charge in [0.25, 0.3) is 0 Å². The van der Waals surface area contributed by atoms with Gasteiger partial charge in [-0.15, -0.1) is 0 Å². The van der Waals surface area contributed by atoms with Gasteiger partial charge in [-0.3, -0.25) is 20.5 Å². The Morgan fingerprint density at radius 2 is 0.888 bits per heavy atom. The van der Waals surface area contributed by atoms with Crippen molar-refractivity contribution >= 4 is 175 Å². The molecule has 0 amide bonds. The monoisotopic (exact) mass is 1700 g/mol. The van der Waals surface area contributed by atoms with E-state index in [-0.39, 0.29) is 74.0 Å². The minimum atomic E-state index is -0.527. The molecule has 21 nitrogen and oxygen atoms in total. The Hall–Kier alpha value is -5.78. The van der Waals surface area contributed by atoms with Crippen molar-refractivity contribution in [1.82, 2.24) is 15.8 Å². The number of amidine groups is 1. The van der Waals surface area contributed by atoms with Crippen LogP contribution >= 0.6 is 91.3 Å². The fraction of sp³-hybridized carbons (Fsp3) is 0.344. The Morgan fingerprint density at radius 3 is 1.29 bits per heavy atom. The third-order valence-corrected chi connectivity index (χ3v) is 18.4. The number of rotatable bonds is 8. The lowest BCUT2D eigenvalue weighted by Crippen LogP contribution is -2.41. The van der Waals surface area contributed by atoms with Gasteiger partial charge in [0.05, 0.1) is 67.3 Å². The number of nitrogens with two attached hydrogens (primary N) is 1. The molecule has 34 heteroatoms. The van der Waals surface area contributed by atoms with E-state index < -0.39 is 37.3 Å². The number of hydrogen-bond donors (Lipinski definition) is 7. The summed E-state index contributed by atoms with van der Waals surface area (Å²) in [5, 5.41) is 45.9. The van der Waals surface area contributed by atoms with Crippen molar-refractivity contribution < 1.29 is 75.0 Å². The van der Waals surface area contributed by atoms with Crippen LogP contribution in [0.25, 0.3) is 21.9 Å². The molecule has 0 spiro atoms. The summed E-state index contributed by atoms with van der Waals surface area (Å²) in [5.41, 5.74) is 7.33. The van der Waals surface area contributed by atoms with E-state index in [1.54, 1.807) is 18.2 Å². The van der Waals surface area contributed by atoms with Gasteiger partial charge in [0.2, 0.25) is 0 Å². The normalized spacial score (nSPS) is 16.6. The molecule has 3 saturated heterocycles. The zero-order chi connectivity index (χ0) is 73.9. The number of carbonyl (C=O) groups excluding carboxylic acids is 1. The highest BCUT2D eigenvalue weighted by molar-refractivity contribution is 9.11. The number of benzene rings is 6. The molecule has 3 aliphatic rings. The highest BCUT2D eigenvalue weighted by Gasteiger charge is 2.64. The third-order valence-electron chi connectivity index (χ3n) is 15.7. The van der Waals surface area contributed by atoms with E-state index in [1.807, 2.05) is 139 Å². The maximum atomic E-state index is 13.1. The number of aromatic nitrogens is 2. The molecular weight excluding hydrogens is 1630 g/mol. The van der Waals surface area contributed by atoms with Crippen LogP contribution in [0.1, 0.15) is 110 Å². The minimum Gasteiger partial charge on any atom is -0.411 e. The number of fused-ring (bicyclic) bond motifs is 2. The fourth-order valence-electron chi connectivity index (χ4n) is 8.25. The molecule has 3 fully saturated rings. The van der Waals surface area contributed by atoms with Crippen LogP contribution in [-0.4, -0.2) is 132 Å². The van der Waals surface area contributed by atoms with Gasteiger partial charge >= 0.3 is 21.1 Å². The number of anilines is 2. The lowest BCUT2D eigenvalue weighted by atomic mass is 9.49. The number of carbonyl (C=O) groups is 1. The van der Waals surface area contributed by atoms with E-state index in [1.165, 1.54) is 68.7 Å². The number of nitrogens with zero attached hydrogens (tertiary/aromatic N) is 5. The molecule has 0 radical (unpaired) electrons. The van der Waals surface area contributed by atoms with Gasteiger partial charge in [0.15, 0.2) is 40.1 Å². The molecule has 0 unspecified atom stereocenters. The Kier molecular flexibility index (Phi) is 32.2. The standard InChI is InChI=1S/C14H19BN2O3.C12H24B2O4.C8H8BrFN2O.C8H7BrN2O.C7H4BrClFNO.C7H5BrFNO.C7H4BrFO.CH5N/c1-13(2)14(3,4)20-15(19-13)9-6-7-11-10(8-9)12(16-5)17-18-11;1-9(2)10(3,4)16-13(15-9)14-17-11(5,6)12(7,8)18-14;1-11-8(12-13)6-4-5(9)2-3-7(6)10;1-10-8-6-4-5(9)2-3-7(6)12-11-8;8-4-1-2-6(10)5(3-4)7(9)11-12;8-6-1-2-7(9)5(3-6)4-10-11;8-6-1-2-7(9)5(3-6)4-10;1-2/h6-8H,1-5H3,(H,16,17);1-8H3;2-4,13H,1H3,(H,11,12);2-4H,1H3,(H,10,11);1-3,12H;1-4,11H;1-4H;2H2,1H3/b;;;;11-7+;10-4-;;. The predicted molar refractivity (Wildman–Crippen MR) is 396 cm³/mol. The van der Waals surface area contributed by atoms with Crippen LogP contribution in [0.15, 0.2) is 156 Å². The van der Waals surface area contributed by atoms with Crippen LogP contribution in [0, 0.1) is 23.3 Å². The van der Waals surface area contributed by atoms with E-state index in [0.29, 0.717) is 15.2 Å². The highest BCUT2D eigenvalue weighted by Crippen LogP contribution is 2.43. The molecule has 8 aromatic rings. The van der Waals surface area contributed by atoms with Crippen LogP contribution in [0.5, 0.6) is 0 Å². The molecule has 11 rings (SSSR count). The summed E-state index contributed by atoms with van der Waals surface area (Å²) < 4.78 is 101. The average Bonchev–Trinajstić information content (AvgIpc) is 1.61. The third kappa shape index (κ3) is 22.6. The van der Waals surface area contributed by atoms with Gasteiger partial charge in [0, 0.05) is 49.1 Å². The molecule has 528 valence electrons. The molecule has 8 N–H and O–H groups in total. The van der Waals surface area contributed by atoms with Crippen LogP contribution in [0.3, 0.4) is 0 Å². The van der Waals surface area contributed by atoms with Crippen molar-refractivity contribution in [3.05, 3.63) is 177 Å². The number of halogens is 10. The molecule has 3 aliphatic heterocycles. The van der Waals surface area contributed by atoms with E-state index in [2.05, 4.69) is 122 Å². The maximum Gasteiger partial charge on any atom is 0.494 e. The molecule has 0 atom stereocenters. The first-order chi connectivity index (χ1) is 45.8. The van der Waals surface area contributed by atoms with E-state index >= 15 is 0 Å². The zero-order valence-corrected chi connectivity index (χ0v) is 65.1. The molecule has 0 saturated carbocycles. The molecule has 0 bridgehead atoms. The SMILES string of the molecule is CC1(C)OB(B2OC(C)(C)C(C)(C)O2)OC1(C)C.CN.CN=C(NO)c1cc(Br)ccc1F.CNc1noc2ccc(B3OC(C)(C)C(C)(C)O3)cc12.CNc1noc2ccc(Br)cc12.O/N=C(/Cl)c1cc(Br)ccc1F.O/N=C\c1cc(Br)ccc1F.O=Cc1cc(Br)ccc1F. The first-order valence-electron chi connectivity index (χ1n) is 29.5. The van der Waals surface area contributed by atoms with Gasteiger partial charge in [-0.05, 0) is 199 Å². The van der Waals surface area contributed by atoms with Crippen molar-refractivity contribution in [1.29, 1.82) is 0 Å². The summed E-state index contributed by atoms with van der Waals surface area (Å²) in [4.78, 5) is 13.8. The minimum absolute atomic E-state index is 0.0635. The molecule has 98 heavy (non-hydrogen) atoms. The fourth-order valence-corrected chi connectivity index (χ4v) is 10.2. The van der Waals surface area contributed by atoms with Crippen LogP contribution < -0.4 is 27.3 Å². The second-order valence-corrected chi connectivity index (χ2v) is 28.7. The Labute approximate surface area is 614 Å². The predicted octanol–water partition coefficient (Wildman–Crippen LogP) is 16.3. The van der Waals surface area contributed by atoms with Crippen molar-refractivity contribution in [3.63, 3.8) is 0 Å². The maximum absolute atomic E-state index is 13.1. The molecule has 2 aromatic heterocycles. The Bertz CT molecular complexity index is 3990. The lowest BCUT2D eigenvalue weighted by Gasteiger charge is -2.32. The van der Waals surface area contributed by atoms with Crippen molar-refractivity contribution in [2.45, 2.75) is 117 Å². The first-order valence-corrected chi connectivity index (χ1v) is 33.8. The zero-order valence-electron chi connectivity index (χ0n) is 56.4. The van der Waals surface area contributed by atoms with Gasteiger partial charge in [-0.2, -0.15) is 0 Å². The molecular formula is C64H76B3Br5ClF4N9O12. The van der Waals surface area contributed by atoms with E-state index in [0.717, 1.165) is 58.7 Å². The average molecular weight is 1710 g/mol. The number of nitrogens with one attached hydrogen (secondary N) is 3. The molecule has 5 heterocycles. The van der Waals surface area contributed by atoms with Crippen molar-refractivity contribution in [2.24, 2.45) is 21.0 Å². The number of hydrogen-bond acceptors (Lipinski definition) is 20. The van der Waals surface area contributed by atoms with Gasteiger partial charge in [-0.1, -0.05) is 118 Å². The topological polar surface area (TPSA) is 284 Å².